The molecule has 158 valence electrons. The molecule has 3 aromatic rings. The molecule has 6 nitrogen and oxygen atoms in total. The lowest BCUT2D eigenvalue weighted by atomic mass is 9.74. The molecule has 0 saturated carbocycles. The van der Waals surface area contributed by atoms with Crippen LogP contribution < -0.4 is 10.6 Å². The minimum Gasteiger partial charge on any atom is -0.395 e. The van der Waals surface area contributed by atoms with Gasteiger partial charge in [-0.15, -0.1) is 0 Å². The molecule has 3 heterocycles. The maximum absolute atomic E-state index is 12.3. The predicted octanol–water partition coefficient (Wildman–Crippen LogP) is 2.57. The minimum absolute atomic E-state index is 0.0136. The quantitative estimate of drug-likeness (QED) is 0.660. The molecule has 0 radical (unpaired) electrons. The second kappa shape index (κ2) is 7.93. The number of β-amino-alcohol motifs (C(OH)–C–C–N with tert-alkyl or cyclic N) is 1. The van der Waals surface area contributed by atoms with Gasteiger partial charge in [0.05, 0.1) is 17.6 Å². The van der Waals surface area contributed by atoms with Crippen molar-refractivity contribution >= 4 is 16.7 Å². The van der Waals surface area contributed by atoms with E-state index in [1.807, 2.05) is 28.8 Å². The Morgan fingerprint density at radius 3 is 2.57 bits per heavy atom. The van der Waals surface area contributed by atoms with E-state index in [2.05, 4.69) is 39.0 Å². The number of nitrogens with zero attached hydrogens (tertiary/aromatic N) is 3. The Balaban J connectivity index is 1.21. The fourth-order valence-corrected chi connectivity index (χ4v) is 5.47. The highest BCUT2D eigenvalue weighted by Crippen LogP contribution is 2.46. The van der Waals surface area contributed by atoms with E-state index in [1.54, 1.807) is 0 Å². The Hall–Kier alpha value is -2.57. The summed E-state index contributed by atoms with van der Waals surface area (Å²) >= 11 is 0. The molecule has 1 aromatic heterocycles. The van der Waals surface area contributed by atoms with E-state index >= 15 is 0 Å². The number of para-hydroxylation sites is 3. The first-order valence-corrected chi connectivity index (χ1v) is 11.1. The molecular formula is C24H30N4O2. The van der Waals surface area contributed by atoms with Gasteiger partial charge in [-0.3, -0.25) is 4.57 Å². The third-order valence-corrected chi connectivity index (χ3v) is 7.03. The van der Waals surface area contributed by atoms with Crippen LogP contribution in [0.1, 0.15) is 24.8 Å². The zero-order valence-corrected chi connectivity index (χ0v) is 17.4. The van der Waals surface area contributed by atoms with E-state index in [-0.39, 0.29) is 17.7 Å². The Morgan fingerprint density at radius 1 is 0.967 bits per heavy atom. The van der Waals surface area contributed by atoms with Crippen molar-refractivity contribution in [1.82, 2.24) is 14.5 Å². The lowest BCUT2D eigenvalue weighted by molar-refractivity contribution is 0.162. The maximum Gasteiger partial charge on any atom is 0.326 e. The smallest absolute Gasteiger partial charge is 0.326 e. The molecule has 0 aliphatic carbocycles. The van der Waals surface area contributed by atoms with Gasteiger partial charge in [0.1, 0.15) is 0 Å². The lowest BCUT2D eigenvalue weighted by Gasteiger charge is -2.40. The van der Waals surface area contributed by atoms with E-state index in [9.17, 15) is 9.90 Å². The zero-order chi connectivity index (χ0) is 20.6. The Bertz CT molecular complexity index is 1080. The standard InChI is InChI=1S/C24H30N4O2/c29-17-16-27-18-24(19-6-1-3-8-21(19)27)10-14-26(15-11-24)12-5-13-28-22-9-4-2-7-20(22)25-23(28)30/h1-4,6-9,29H,5,10-18H2,(H,25,30). The fraction of sp³-hybridized carbons (Fsp3) is 0.458. The van der Waals surface area contributed by atoms with Crippen LogP contribution in [0.5, 0.6) is 0 Å². The molecule has 5 rings (SSSR count). The summed E-state index contributed by atoms with van der Waals surface area (Å²) in [6, 6.07) is 16.6. The van der Waals surface area contributed by atoms with Gasteiger partial charge in [-0.1, -0.05) is 30.3 Å². The Labute approximate surface area is 176 Å². The number of H-pyrrole nitrogens is 1. The molecule has 2 aliphatic heterocycles. The van der Waals surface area contributed by atoms with Crippen molar-refractivity contribution in [2.24, 2.45) is 0 Å². The molecule has 0 amide bonds. The third kappa shape index (κ3) is 3.34. The fourth-order valence-electron chi connectivity index (χ4n) is 5.47. The molecule has 1 spiro atoms. The normalized spacial score (nSPS) is 18.4. The second-order valence-corrected chi connectivity index (χ2v) is 8.74. The molecule has 2 aromatic carbocycles. The van der Waals surface area contributed by atoms with Gasteiger partial charge in [0.25, 0.3) is 0 Å². The number of aliphatic hydroxyl groups is 1. The van der Waals surface area contributed by atoms with Crippen molar-refractivity contribution in [3.63, 3.8) is 0 Å². The van der Waals surface area contributed by atoms with Crippen molar-refractivity contribution in [3.05, 3.63) is 64.6 Å². The molecule has 6 heteroatoms. The first-order valence-electron chi connectivity index (χ1n) is 11.1. The monoisotopic (exact) mass is 406 g/mol. The predicted molar refractivity (Wildman–Crippen MR) is 120 cm³/mol. The molecule has 30 heavy (non-hydrogen) atoms. The van der Waals surface area contributed by atoms with Gasteiger partial charge in [-0.2, -0.15) is 0 Å². The highest BCUT2D eigenvalue weighted by atomic mass is 16.3. The number of rotatable bonds is 6. The molecule has 2 N–H and O–H groups in total. The summed E-state index contributed by atoms with van der Waals surface area (Å²) in [5, 5.41) is 9.47. The largest absolute Gasteiger partial charge is 0.395 e. The zero-order valence-electron chi connectivity index (χ0n) is 17.4. The summed E-state index contributed by atoms with van der Waals surface area (Å²) in [6.45, 7) is 5.87. The number of aromatic nitrogens is 2. The van der Waals surface area contributed by atoms with Crippen LogP contribution >= 0.6 is 0 Å². The van der Waals surface area contributed by atoms with Gasteiger partial charge in [-0.25, -0.2) is 4.79 Å². The number of aryl methyl sites for hydroxylation is 1. The van der Waals surface area contributed by atoms with Crippen LogP contribution in [-0.2, 0) is 12.0 Å². The Kier molecular flexibility index (Phi) is 5.13. The van der Waals surface area contributed by atoms with Crippen molar-refractivity contribution in [3.8, 4) is 0 Å². The second-order valence-electron chi connectivity index (χ2n) is 8.74. The summed E-state index contributed by atoms with van der Waals surface area (Å²) in [4.78, 5) is 20.1. The van der Waals surface area contributed by atoms with E-state index in [1.165, 1.54) is 11.3 Å². The van der Waals surface area contributed by atoms with Gasteiger partial charge in [0.2, 0.25) is 0 Å². The first-order chi connectivity index (χ1) is 14.7. The number of aliphatic hydroxyl groups excluding tert-OH is 1. The molecular weight excluding hydrogens is 376 g/mol. The van der Waals surface area contributed by atoms with Crippen LogP contribution in [0.2, 0.25) is 0 Å². The van der Waals surface area contributed by atoms with Gasteiger partial charge in [0.15, 0.2) is 0 Å². The summed E-state index contributed by atoms with van der Waals surface area (Å²) in [6.07, 6.45) is 3.28. The van der Waals surface area contributed by atoms with Crippen LogP contribution in [0.4, 0.5) is 5.69 Å². The lowest BCUT2D eigenvalue weighted by Crippen LogP contribution is -2.45. The topological polar surface area (TPSA) is 64.5 Å². The van der Waals surface area contributed by atoms with E-state index in [4.69, 9.17) is 0 Å². The molecule has 0 atom stereocenters. The Morgan fingerprint density at radius 2 is 1.73 bits per heavy atom. The number of hydrogen-bond donors (Lipinski definition) is 2. The van der Waals surface area contributed by atoms with E-state index in [0.717, 1.165) is 63.0 Å². The van der Waals surface area contributed by atoms with Crippen LogP contribution in [0.3, 0.4) is 0 Å². The average Bonchev–Trinajstić information content (AvgIpc) is 3.25. The third-order valence-electron chi connectivity index (χ3n) is 7.03. The molecule has 1 saturated heterocycles. The molecule has 0 bridgehead atoms. The number of likely N-dealkylation sites (tertiary alicyclic amines) is 1. The van der Waals surface area contributed by atoms with E-state index in [0.29, 0.717) is 6.54 Å². The van der Waals surface area contributed by atoms with Crippen LogP contribution in [0, 0.1) is 0 Å². The SMILES string of the molecule is O=c1[nH]c2ccccc2n1CCCN1CCC2(CC1)CN(CCO)c1ccccc12. The number of nitrogens with one attached hydrogen (secondary N) is 1. The number of aromatic amines is 1. The van der Waals surface area contributed by atoms with Crippen molar-refractivity contribution < 1.29 is 5.11 Å². The average molecular weight is 407 g/mol. The highest BCUT2D eigenvalue weighted by molar-refractivity contribution is 5.74. The first kappa shape index (κ1) is 19.4. The van der Waals surface area contributed by atoms with Gasteiger partial charge in [0, 0.05) is 30.7 Å². The minimum atomic E-state index is -0.0136. The van der Waals surface area contributed by atoms with Crippen LogP contribution in [-0.4, -0.2) is 58.9 Å². The molecule has 0 unspecified atom stereocenters. The van der Waals surface area contributed by atoms with Gasteiger partial charge >= 0.3 is 5.69 Å². The molecule has 1 fully saturated rings. The number of benzene rings is 2. The maximum atomic E-state index is 12.3. The van der Waals surface area contributed by atoms with Crippen molar-refractivity contribution in [2.75, 3.05) is 44.2 Å². The number of hydrogen-bond acceptors (Lipinski definition) is 4. The van der Waals surface area contributed by atoms with Gasteiger partial charge < -0.3 is 19.9 Å². The number of piperidine rings is 1. The van der Waals surface area contributed by atoms with Crippen LogP contribution in [0.25, 0.3) is 11.0 Å². The van der Waals surface area contributed by atoms with E-state index < -0.39 is 0 Å². The summed E-state index contributed by atoms with van der Waals surface area (Å²) in [5.41, 5.74) is 4.87. The van der Waals surface area contributed by atoms with Crippen molar-refractivity contribution in [2.45, 2.75) is 31.2 Å². The molecule has 2 aliphatic rings. The highest BCUT2D eigenvalue weighted by Gasteiger charge is 2.44. The summed E-state index contributed by atoms with van der Waals surface area (Å²) in [5.74, 6) is 0. The van der Waals surface area contributed by atoms with Crippen molar-refractivity contribution in [1.29, 1.82) is 0 Å². The van der Waals surface area contributed by atoms with Crippen LogP contribution in [0.15, 0.2) is 53.3 Å². The number of fused-ring (bicyclic) bond motifs is 3. The number of anilines is 1. The summed E-state index contributed by atoms with van der Waals surface area (Å²) < 4.78 is 1.86. The number of imidazole rings is 1. The van der Waals surface area contributed by atoms with Gasteiger partial charge in [-0.05, 0) is 62.7 Å². The summed E-state index contributed by atoms with van der Waals surface area (Å²) in [7, 11) is 0.